The fraction of sp³-hybridized carbons (Fsp3) is 0.636. The largest absolute Gasteiger partial charge is 0.466 e. The smallest absolute Gasteiger partial charge is 0.105 e. The highest BCUT2D eigenvalue weighted by Gasteiger charge is 2.15. The van der Waals surface area contributed by atoms with Gasteiger partial charge in [0.1, 0.15) is 11.5 Å². The van der Waals surface area contributed by atoms with E-state index in [-0.39, 0.29) is 6.04 Å². The van der Waals surface area contributed by atoms with Gasteiger partial charge in [-0.3, -0.25) is 0 Å². The van der Waals surface area contributed by atoms with Crippen molar-refractivity contribution in [2.24, 2.45) is 0 Å². The van der Waals surface area contributed by atoms with Gasteiger partial charge in [-0.1, -0.05) is 0 Å². The van der Waals surface area contributed by atoms with E-state index >= 15 is 0 Å². The number of hydrogen-bond acceptors (Lipinski definition) is 3. The van der Waals surface area contributed by atoms with Gasteiger partial charge in [0.15, 0.2) is 0 Å². The maximum Gasteiger partial charge on any atom is 0.105 e. The Morgan fingerprint density at radius 2 is 2.21 bits per heavy atom. The Kier molecular flexibility index (Phi) is 4.17. The van der Waals surface area contributed by atoms with Crippen LogP contribution in [-0.2, 0) is 4.74 Å². The summed E-state index contributed by atoms with van der Waals surface area (Å²) in [7, 11) is 1.94. The van der Waals surface area contributed by atoms with Gasteiger partial charge in [0, 0.05) is 12.2 Å². The molecule has 1 heterocycles. The summed E-state index contributed by atoms with van der Waals surface area (Å²) in [4.78, 5) is 0. The normalized spacial score (nSPS) is 13.1. The topological polar surface area (TPSA) is 34.4 Å². The molecule has 1 atom stereocenters. The lowest BCUT2D eigenvalue weighted by Crippen LogP contribution is -2.22. The molecule has 0 bridgehead atoms. The number of nitrogens with one attached hydrogen (secondary N) is 1. The van der Waals surface area contributed by atoms with Gasteiger partial charge in [-0.25, -0.2) is 0 Å². The summed E-state index contributed by atoms with van der Waals surface area (Å²) < 4.78 is 10.9. The highest BCUT2D eigenvalue weighted by molar-refractivity contribution is 5.24. The fourth-order valence-corrected chi connectivity index (χ4v) is 1.56. The van der Waals surface area contributed by atoms with Crippen molar-refractivity contribution in [2.75, 3.05) is 20.3 Å². The second-order valence-electron chi connectivity index (χ2n) is 3.37. The molecule has 3 heteroatoms. The zero-order chi connectivity index (χ0) is 10.6. The van der Waals surface area contributed by atoms with Gasteiger partial charge in [0.2, 0.25) is 0 Å². The number of ether oxygens (including phenoxy) is 1. The molecule has 0 saturated heterocycles. The Bertz CT molecular complexity index is 281. The van der Waals surface area contributed by atoms with Crippen molar-refractivity contribution in [1.82, 2.24) is 5.32 Å². The first-order valence-electron chi connectivity index (χ1n) is 5.01. The van der Waals surface area contributed by atoms with Gasteiger partial charge in [0.05, 0.1) is 12.6 Å². The molecule has 0 spiro atoms. The Morgan fingerprint density at radius 1 is 1.50 bits per heavy atom. The lowest BCUT2D eigenvalue weighted by Gasteiger charge is -2.14. The van der Waals surface area contributed by atoms with Gasteiger partial charge in [-0.05, 0) is 33.9 Å². The maximum atomic E-state index is 5.48. The van der Waals surface area contributed by atoms with E-state index in [1.165, 1.54) is 5.56 Å². The molecule has 0 aliphatic heterocycles. The van der Waals surface area contributed by atoms with Crippen LogP contribution in [0.3, 0.4) is 0 Å². The van der Waals surface area contributed by atoms with Crippen LogP contribution >= 0.6 is 0 Å². The van der Waals surface area contributed by atoms with Gasteiger partial charge in [0.25, 0.3) is 0 Å². The minimum absolute atomic E-state index is 0.229. The maximum absolute atomic E-state index is 5.48. The van der Waals surface area contributed by atoms with Crippen LogP contribution < -0.4 is 5.32 Å². The molecule has 14 heavy (non-hydrogen) atoms. The molecule has 0 aromatic carbocycles. The number of furan rings is 1. The molecular weight excluding hydrogens is 178 g/mol. The molecular formula is C11H19NO2. The lowest BCUT2D eigenvalue weighted by molar-refractivity contribution is 0.125. The Morgan fingerprint density at radius 3 is 2.64 bits per heavy atom. The standard InChI is InChI=1S/C11H19NO2/c1-5-13-7-11(12-4)10-6-8(2)14-9(10)3/h6,11-12H,5,7H2,1-4H3. The van der Waals surface area contributed by atoms with E-state index in [1.807, 2.05) is 27.8 Å². The van der Waals surface area contributed by atoms with E-state index in [1.54, 1.807) is 0 Å². The fourth-order valence-electron chi connectivity index (χ4n) is 1.56. The van der Waals surface area contributed by atoms with Crippen molar-refractivity contribution in [2.45, 2.75) is 26.8 Å². The Hall–Kier alpha value is -0.800. The van der Waals surface area contributed by atoms with Crippen LogP contribution in [0.15, 0.2) is 10.5 Å². The summed E-state index contributed by atoms with van der Waals surface area (Å²) in [5, 5.41) is 3.22. The second-order valence-corrected chi connectivity index (χ2v) is 3.37. The zero-order valence-electron chi connectivity index (χ0n) is 9.39. The molecule has 0 aliphatic rings. The summed E-state index contributed by atoms with van der Waals surface area (Å²) in [6.45, 7) is 7.38. The summed E-state index contributed by atoms with van der Waals surface area (Å²) >= 11 is 0. The Labute approximate surface area is 85.4 Å². The average molecular weight is 197 g/mol. The minimum Gasteiger partial charge on any atom is -0.466 e. The van der Waals surface area contributed by atoms with Crippen molar-refractivity contribution >= 4 is 0 Å². The average Bonchev–Trinajstić information content (AvgIpc) is 2.47. The van der Waals surface area contributed by atoms with Crippen molar-refractivity contribution < 1.29 is 9.15 Å². The third kappa shape index (κ3) is 2.59. The first kappa shape index (κ1) is 11.3. The third-order valence-corrected chi connectivity index (χ3v) is 2.29. The van der Waals surface area contributed by atoms with Crippen LogP contribution in [0, 0.1) is 13.8 Å². The number of rotatable bonds is 5. The van der Waals surface area contributed by atoms with Crippen LogP contribution in [0.2, 0.25) is 0 Å². The summed E-state index contributed by atoms with van der Waals surface area (Å²) in [6.07, 6.45) is 0. The van der Waals surface area contributed by atoms with Crippen molar-refractivity contribution in [1.29, 1.82) is 0 Å². The molecule has 3 nitrogen and oxygen atoms in total. The number of likely N-dealkylation sites (N-methyl/N-ethyl adjacent to an activating group) is 1. The van der Waals surface area contributed by atoms with Crippen molar-refractivity contribution in [3.63, 3.8) is 0 Å². The SMILES string of the molecule is CCOCC(NC)c1cc(C)oc1C. The molecule has 0 aliphatic carbocycles. The van der Waals surface area contributed by atoms with E-state index in [0.717, 1.165) is 18.1 Å². The van der Waals surface area contributed by atoms with Crippen molar-refractivity contribution in [3.05, 3.63) is 23.2 Å². The van der Waals surface area contributed by atoms with E-state index in [9.17, 15) is 0 Å². The van der Waals surface area contributed by atoms with Crippen LogP contribution in [0.5, 0.6) is 0 Å². The highest BCUT2D eigenvalue weighted by atomic mass is 16.5. The van der Waals surface area contributed by atoms with Gasteiger partial charge in [-0.2, -0.15) is 0 Å². The monoisotopic (exact) mass is 197 g/mol. The van der Waals surface area contributed by atoms with E-state index < -0.39 is 0 Å². The first-order chi connectivity index (χ1) is 6.69. The number of hydrogen-bond donors (Lipinski definition) is 1. The number of aryl methyl sites for hydroxylation is 2. The molecule has 1 N–H and O–H groups in total. The zero-order valence-corrected chi connectivity index (χ0v) is 9.39. The predicted molar refractivity (Wildman–Crippen MR) is 56.5 cm³/mol. The molecule has 0 amide bonds. The van der Waals surface area contributed by atoms with E-state index in [4.69, 9.17) is 9.15 Å². The molecule has 0 radical (unpaired) electrons. The predicted octanol–water partition coefficient (Wildman–Crippen LogP) is 2.19. The third-order valence-electron chi connectivity index (χ3n) is 2.29. The molecule has 1 aromatic heterocycles. The quantitative estimate of drug-likeness (QED) is 0.785. The molecule has 0 saturated carbocycles. The Balaban J connectivity index is 2.72. The van der Waals surface area contributed by atoms with Crippen LogP contribution in [0.1, 0.15) is 30.0 Å². The summed E-state index contributed by atoms with van der Waals surface area (Å²) in [5.41, 5.74) is 1.19. The molecule has 1 aromatic rings. The molecule has 1 unspecified atom stereocenters. The molecule has 1 rings (SSSR count). The van der Waals surface area contributed by atoms with Gasteiger partial charge < -0.3 is 14.5 Å². The molecule has 0 fully saturated rings. The van der Waals surface area contributed by atoms with Crippen LogP contribution in [-0.4, -0.2) is 20.3 Å². The van der Waals surface area contributed by atoms with Crippen LogP contribution in [0.4, 0.5) is 0 Å². The van der Waals surface area contributed by atoms with Gasteiger partial charge >= 0.3 is 0 Å². The van der Waals surface area contributed by atoms with Crippen molar-refractivity contribution in [3.8, 4) is 0 Å². The molecule has 80 valence electrons. The minimum atomic E-state index is 0.229. The second kappa shape index (κ2) is 5.17. The van der Waals surface area contributed by atoms with Gasteiger partial charge in [-0.15, -0.1) is 0 Å². The van der Waals surface area contributed by atoms with E-state index in [0.29, 0.717) is 6.61 Å². The lowest BCUT2D eigenvalue weighted by atomic mass is 10.1. The summed E-state index contributed by atoms with van der Waals surface area (Å²) in [6, 6.07) is 2.29. The summed E-state index contributed by atoms with van der Waals surface area (Å²) in [5.74, 6) is 1.93. The highest BCUT2D eigenvalue weighted by Crippen LogP contribution is 2.21. The van der Waals surface area contributed by atoms with E-state index in [2.05, 4.69) is 11.4 Å². The first-order valence-corrected chi connectivity index (χ1v) is 5.01. The van der Waals surface area contributed by atoms with Crippen LogP contribution in [0.25, 0.3) is 0 Å².